The summed E-state index contributed by atoms with van der Waals surface area (Å²) in [5, 5.41) is 9.47. The van der Waals surface area contributed by atoms with Crippen LogP contribution in [0.5, 0.6) is 0 Å². The van der Waals surface area contributed by atoms with Crippen molar-refractivity contribution in [3.8, 4) is 0 Å². The smallest absolute Gasteiger partial charge is 0.168 e. The average Bonchev–Trinajstić information content (AvgIpc) is 2.85. The second-order valence-electron chi connectivity index (χ2n) is 3.71. The van der Waals surface area contributed by atoms with E-state index in [0.717, 1.165) is 12.5 Å². The van der Waals surface area contributed by atoms with Crippen LogP contribution in [0.2, 0.25) is 0 Å². The summed E-state index contributed by atoms with van der Waals surface area (Å²) in [6.07, 6.45) is 0.775. The number of nitrogens with zero attached hydrogens (tertiary/aromatic N) is 1. The van der Waals surface area contributed by atoms with Crippen LogP contribution in [-0.4, -0.2) is 18.6 Å². The van der Waals surface area contributed by atoms with Gasteiger partial charge in [-0.05, 0) is 28.8 Å². The van der Waals surface area contributed by atoms with Crippen LogP contribution in [0.15, 0.2) is 22.9 Å². The van der Waals surface area contributed by atoms with Gasteiger partial charge >= 0.3 is 0 Å². The van der Waals surface area contributed by atoms with Gasteiger partial charge in [-0.2, -0.15) is 11.3 Å². The second kappa shape index (κ2) is 5.77. The van der Waals surface area contributed by atoms with Gasteiger partial charge in [0, 0.05) is 19.7 Å². The highest BCUT2D eigenvalue weighted by Crippen LogP contribution is 2.18. The molecule has 0 saturated carbocycles. The Labute approximate surface area is 108 Å². The third-order valence-electron chi connectivity index (χ3n) is 2.45. The van der Waals surface area contributed by atoms with E-state index in [4.69, 9.17) is 0 Å². The number of hydrogen-bond donors (Lipinski definition) is 2. The lowest BCUT2D eigenvalue weighted by molar-refractivity contribution is 0.578. The van der Waals surface area contributed by atoms with Gasteiger partial charge in [-0.1, -0.05) is 0 Å². The fourth-order valence-electron chi connectivity index (χ4n) is 1.53. The molecule has 0 amide bonds. The number of anilines is 2. The van der Waals surface area contributed by atoms with Gasteiger partial charge in [0.25, 0.3) is 0 Å². The number of aromatic nitrogens is 1. The van der Waals surface area contributed by atoms with E-state index in [0.29, 0.717) is 6.54 Å². The summed E-state index contributed by atoms with van der Waals surface area (Å²) >= 11 is 1.62. The van der Waals surface area contributed by atoms with Crippen LogP contribution in [0.3, 0.4) is 0 Å². The molecule has 2 aromatic rings. The molecule has 96 valence electrons. The maximum absolute atomic E-state index is 13.4. The van der Waals surface area contributed by atoms with Crippen molar-refractivity contribution in [2.75, 3.05) is 24.2 Å². The van der Waals surface area contributed by atoms with Crippen molar-refractivity contribution in [3.63, 3.8) is 0 Å². The van der Waals surface area contributed by atoms with E-state index < -0.39 is 11.6 Å². The number of hydrogen-bond acceptors (Lipinski definition) is 4. The van der Waals surface area contributed by atoms with Crippen LogP contribution in [0.4, 0.5) is 20.4 Å². The molecule has 0 aliphatic rings. The molecule has 3 nitrogen and oxygen atoms in total. The van der Waals surface area contributed by atoms with E-state index in [-0.39, 0.29) is 11.6 Å². The zero-order chi connectivity index (χ0) is 13.0. The van der Waals surface area contributed by atoms with E-state index in [1.165, 1.54) is 5.56 Å². The molecule has 0 spiro atoms. The quantitative estimate of drug-likeness (QED) is 0.875. The van der Waals surface area contributed by atoms with Crippen molar-refractivity contribution in [2.45, 2.75) is 6.42 Å². The van der Waals surface area contributed by atoms with Crippen molar-refractivity contribution in [3.05, 3.63) is 40.1 Å². The molecule has 2 rings (SSSR count). The number of rotatable bonds is 5. The Morgan fingerprint density at radius 1 is 1.28 bits per heavy atom. The van der Waals surface area contributed by atoms with Gasteiger partial charge in [-0.3, -0.25) is 0 Å². The maximum Gasteiger partial charge on any atom is 0.168 e. The molecule has 0 aliphatic heterocycles. The first-order valence-electron chi connectivity index (χ1n) is 5.49. The van der Waals surface area contributed by atoms with Crippen LogP contribution in [0.1, 0.15) is 5.56 Å². The summed E-state index contributed by atoms with van der Waals surface area (Å²) in [6.45, 7) is 0.551. The highest BCUT2D eigenvalue weighted by Gasteiger charge is 2.10. The number of halogens is 2. The average molecular weight is 269 g/mol. The normalized spacial score (nSPS) is 10.4. The Hall–Kier alpha value is -1.69. The fraction of sp³-hybridized carbons (Fsp3) is 0.250. The van der Waals surface area contributed by atoms with E-state index in [2.05, 4.69) is 15.6 Å². The fourth-order valence-corrected chi connectivity index (χ4v) is 2.23. The van der Waals surface area contributed by atoms with E-state index in [9.17, 15) is 8.78 Å². The standard InChI is InChI=1S/C12H13F2N3S/c1-15-11-9(13)6-10(14)12(17-11)16-4-2-8-3-5-18-7-8/h3,5-7H,2,4H2,1H3,(H2,15,16,17). The SMILES string of the molecule is CNc1nc(NCCc2ccsc2)c(F)cc1F. The molecule has 2 heterocycles. The first-order chi connectivity index (χ1) is 8.70. The number of nitrogens with one attached hydrogen (secondary N) is 2. The van der Waals surface area contributed by atoms with Crippen LogP contribution in [0.25, 0.3) is 0 Å². The maximum atomic E-state index is 13.4. The van der Waals surface area contributed by atoms with Crippen LogP contribution >= 0.6 is 11.3 Å². The topological polar surface area (TPSA) is 37.0 Å². The molecule has 0 unspecified atom stereocenters. The summed E-state index contributed by atoms with van der Waals surface area (Å²) in [5.74, 6) is -1.28. The summed E-state index contributed by atoms with van der Waals surface area (Å²) in [6, 6.07) is 2.84. The van der Waals surface area contributed by atoms with Gasteiger partial charge in [0.1, 0.15) is 0 Å². The summed E-state index contributed by atoms with van der Waals surface area (Å²) in [5.41, 5.74) is 1.18. The Morgan fingerprint density at radius 3 is 2.72 bits per heavy atom. The number of thiophene rings is 1. The lowest BCUT2D eigenvalue weighted by Crippen LogP contribution is -2.09. The largest absolute Gasteiger partial charge is 0.371 e. The Balaban J connectivity index is 2.00. The first kappa shape index (κ1) is 12.8. The minimum atomic E-state index is -0.696. The summed E-state index contributed by atoms with van der Waals surface area (Å²) in [7, 11) is 1.54. The minimum Gasteiger partial charge on any atom is -0.371 e. The predicted molar refractivity (Wildman–Crippen MR) is 70.2 cm³/mol. The van der Waals surface area contributed by atoms with Gasteiger partial charge in [-0.25, -0.2) is 13.8 Å². The highest BCUT2D eigenvalue weighted by molar-refractivity contribution is 7.07. The summed E-state index contributed by atoms with van der Waals surface area (Å²) < 4.78 is 26.6. The molecule has 2 N–H and O–H groups in total. The van der Waals surface area contributed by atoms with Gasteiger partial charge in [0.05, 0.1) is 0 Å². The Morgan fingerprint density at radius 2 is 2.06 bits per heavy atom. The van der Waals surface area contributed by atoms with Gasteiger partial charge in [0.2, 0.25) is 0 Å². The van der Waals surface area contributed by atoms with E-state index in [1.807, 2.05) is 16.8 Å². The van der Waals surface area contributed by atoms with Crippen LogP contribution in [0, 0.1) is 11.6 Å². The molecular weight excluding hydrogens is 256 g/mol. The second-order valence-corrected chi connectivity index (χ2v) is 4.49. The van der Waals surface area contributed by atoms with Gasteiger partial charge in [-0.15, -0.1) is 0 Å². The zero-order valence-corrected chi connectivity index (χ0v) is 10.7. The molecule has 0 aromatic carbocycles. The monoisotopic (exact) mass is 269 g/mol. The van der Waals surface area contributed by atoms with E-state index in [1.54, 1.807) is 18.4 Å². The molecular formula is C12H13F2N3S. The van der Waals surface area contributed by atoms with Crippen LogP contribution in [-0.2, 0) is 6.42 Å². The Bertz CT molecular complexity index is 514. The molecule has 0 saturated heterocycles. The van der Waals surface area contributed by atoms with Crippen molar-refractivity contribution < 1.29 is 8.78 Å². The molecule has 6 heteroatoms. The molecule has 0 fully saturated rings. The third kappa shape index (κ3) is 2.95. The van der Waals surface area contributed by atoms with Crippen LogP contribution < -0.4 is 10.6 Å². The molecule has 0 aliphatic carbocycles. The molecule has 0 bridgehead atoms. The third-order valence-corrected chi connectivity index (χ3v) is 3.18. The van der Waals surface area contributed by atoms with Gasteiger partial charge < -0.3 is 10.6 Å². The molecule has 0 atom stereocenters. The first-order valence-corrected chi connectivity index (χ1v) is 6.43. The van der Waals surface area contributed by atoms with Crippen molar-refractivity contribution in [2.24, 2.45) is 0 Å². The highest BCUT2D eigenvalue weighted by atomic mass is 32.1. The Kier molecular flexibility index (Phi) is 4.09. The molecule has 0 radical (unpaired) electrons. The van der Waals surface area contributed by atoms with E-state index >= 15 is 0 Å². The molecule has 18 heavy (non-hydrogen) atoms. The van der Waals surface area contributed by atoms with Gasteiger partial charge in [0.15, 0.2) is 23.3 Å². The number of pyridine rings is 1. The minimum absolute atomic E-state index is 0.0365. The lowest BCUT2D eigenvalue weighted by atomic mass is 10.2. The van der Waals surface area contributed by atoms with Crippen molar-refractivity contribution in [1.29, 1.82) is 0 Å². The van der Waals surface area contributed by atoms with Crippen molar-refractivity contribution in [1.82, 2.24) is 4.98 Å². The lowest BCUT2D eigenvalue weighted by Gasteiger charge is -2.08. The molecule has 2 aromatic heterocycles. The summed E-state index contributed by atoms with van der Waals surface area (Å²) in [4.78, 5) is 3.84. The van der Waals surface area contributed by atoms with Crippen molar-refractivity contribution >= 4 is 23.0 Å². The predicted octanol–water partition coefficient (Wildman–Crippen LogP) is 3.12. The zero-order valence-electron chi connectivity index (χ0n) is 9.84.